The summed E-state index contributed by atoms with van der Waals surface area (Å²) < 4.78 is 0. The molecule has 0 aliphatic carbocycles. The molecule has 0 bridgehead atoms. The molecule has 5 N–H and O–H groups in total. The molecule has 0 radical (unpaired) electrons. The summed E-state index contributed by atoms with van der Waals surface area (Å²) in [4.78, 5) is 11.9. The Morgan fingerprint density at radius 3 is 2.76 bits per heavy atom. The van der Waals surface area contributed by atoms with E-state index in [9.17, 15) is 0 Å². The smallest absolute Gasteiger partial charge is 0.223 e. The maximum atomic E-state index is 5.59. The minimum absolute atomic E-state index is 0.0670. The van der Waals surface area contributed by atoms with E-state index < -0.39 is 0 Å². The maximum absolute atomic E-state index is 5.59. The van der Waals surface area contributed by atoms with Crippen molar-refractivity contribution in [2.24, 2.45) is 0 Å². The highest BCUT2D eigenvalue weighted by Crippen LogP contribution is 2.18. The number of pyridine rings is 1. The monoisotopic (exact) mass is 230 g/mol. The van der Waals surface area contributed by atoms with E-state index in [0.717, 1.165) is 5.56 Å². The minimum Gasteiger partial charge on any atom is -0.383 e. The van der Waals surface area contributed by atoms with Crippen molar-refractivity contribution in [2.45, 2.75) is 13.0 Å². The third kappa shape index (κ3) is 2.81. The van der Waals surface area contributed by atoms with Crippen LogP contribution in [0.1, 0.15) is 18.5 Å². The molecule has 2 aromatic heterocycles. The first-order valence-electron chi connectivity index (χ1n) is 5.21. The van der Waals surface area contributed by atoms with Gasteiger partial charge in [-0.2, -0.15) is 9.97 Å². The van der Waals surface area contributed by atoms with Crippen LogP contribution in [0.2, 0.25) is 0 Å². The van der Waals surface area contributed by atoms with Crippen LogP contribution in [-0.2, 0) is 0 Å². The Morgan fingerprint density at radius 2 is 2.12 bits per heavy atom. The number of hydrogen-bond acceptors (Lipinski definition) is 6. The predicted octanol–water partition coefficient (Wildman–Crippen LogP) is 1.21. The van der Waals surface area contributed by atoms with E-state index in [1.807, 2.05) is 19.1 Å². The van der Waals surface area contributed by atoms with E-state index in [4.69, 9.17) is 11.5 Å². The van der Waals surface area contributed by atoms with Crippen molar-refractivity contribution in [3.63, 3.8) is 0 Å². The van der Waals surface area contributed by atoms with E-state index in [2.05, 4.69) is 20.3 Å². The fraction of sp³-hybridized carbons (Fsp3) is 0.182. The Kier molecular flexibility index (Phi) is 3.04. The molecule has 88 valence electrons. The lowest BCUT2D eigenvalue weighted by Gasteiger charge is -2.14. The molecule has 1 atom stereocenters. The van der Waals surface area contributed by atoms with Gasteiger partial charge in [-0.05, 0) is 18.6 Å². The van der Waals surface area contributed by atoms with Crippen LogP contribution in [0.15, 0.2) is 30.6 Å². The van der Waals surface area contributed by atoms with Gasteiger partial charge in [-0.25, -0.2) is 0 Å². The lowest BCUT2D eigenvalue weighted by molar-refractivity contribution is 0.865. The molecule has 0 saturated carbocycles. The number of anilines is 3. The zero-order chi connectivity index (χ0) is 12.3. The van der Waals surface area contributed by atoms with Gasteiger partial charge in [-0.15, -0.1) is 0 Å². The average molecular weight is 230 g/mol. The molecule has 0 spiro atoms. The lowest BCUT2D eigenvalue weighted by atomic mass is 10.1. The summed E-state index contributed by atoms with van der Waals surface area (Å²) in [6.07, 6.45) is 3.53. The topological polar surface area (TPSA) is 103 Å². The highest BCUT2D eigenvalue weighted by molar-refractivity contribution is 5.49. The summed E-state index contributed by atoms with van der Waals surface area (Å²) in [6, 6.07) is 5.58. The molecular formula is C11H14N6. The van der Waals surface area contributed by atoms with Gasteiger partial charge in [-0.1, -0.05) is 6.07 Å². The fourth-order valence-corrected chi connectivity index (χ4v) is 1.50. The van der Waals surface area contributed by atoms with Gasteiger partial charge < -0.3 is 16.8 Å². The van der Waals surface area contributed by atoms with Gasteiger partial charge in [0.25, 0.3) is 0 Å². The summed E-state index contributed by atoms with van der Waals surface area (Å²) in [5.41, 5.74) is 12.2. The van der Waals surface area contributed by atoms with Gasteiger partial charge >= 0.3 is 0 Å². The highest BCUT2D eigenvalue weighted by atomic mass is 15.1. The largest absolute Gasteiger partial charge is 0.383 e. The fourth-order valence-electron chi connectivity index (χ4n) is 1.50. The van der Waals surface area contributed by atoms with Gasteiger partial charge in [0.2, 0.25) is 5.95 Å². The van der Waals surface area contributed by atoms with Gasteiger partial charge in [-0.3, -0.25) is 4.98 Å². The third-order valence-electron chi connectivity index (χ3n) is 2.31. The van der Waals surface area contributed by atoms with Crippen LogP contribution in [0.3, 0.4) is 0 Å². The summed E-state index contributed by atoms with van der Waals surface area (Å²) in [5, 5.41) is 3.19. The molecule has 0 aliphatic rings. The SMILES string of the molecule is CC(Nc1cc(N)nc(N)n1)c1cccnc1. The lowest BCUT2D eigenvalue weighted by Crippen LogP contribution is -2.10. The van der Waals surface area contributed by atoms with Crippen molar-refractivity contribution >= 4 is 17.6 Å². The summed E-state index contributed by atoms with van der Waals surface area (Å²) >= 11 is 0. The Labute approximate surface area is 99.1 Å². The molecule has 0 amide bonds. The molecular weight excluding hydrogens is 216 g/mol. The van der Waals surface area contributed by atoms with Crippen LogP contribution in [0.25, 0.3) is 0 Å². The van der Waals surface area contributed by atoms with Crippen LogP contribution >= 0.6 is 0 Å². The van der Waals surface area contributed by atoms with Crippen LogP contribution in [-0.4, -0.2) is 15.0 Å². The summed E-state index contributed by atoms with van der Waals surface area (Å²) in [5.74, 6) is 1.11. The zero-order valence-corrected chi connectivity index (χ0v) is 9.46. The second-order valence-corrected chi connectivity index (χ2v) is 3.69. The molecule has 17 heavy (non-hydrogen) atoms. The first kappa shape index (κ1) is 11.1. The van der Waals surface area contributed by atoms with E-state index in [0.29, 0.717) is 11.6 Å². The molecule has 0 aliphatic heterocycles. The van der Waals surface area contributed by atoms with Crippen molar-refractivity contribution < 1.29 is 0 Å². The molecule has 2 rings (SSSR count). The van der Waals surface area contributed by atoms with Gasteiger partial charge in [0.15, 0.2) is 0 Å². The summed E-state index contributed by atoms with van der Waals surface area (Å²) in [6.45, 7) is 2.01. The van der Waals surface area contributed by atoms with Crippen molar-refractivity contribution in [3.05, 3.63) is 36.2 Å². The summed E-state index contributed by atoms with van der Waals surface area (Å²) in [7, 11) is 0. The number of nitrogens with two attached hydrogens (primary N) is 2. The van der Waals surface area contributed by atoms with E-state index in [1.54, 1.807) is 18.5 Å². The predicted molar refractivity (Wildman–Crippen MR) is 67.1 cm³/mol. The second-order valence-electron chi connectivity index (χ2n) is 3.69. The Balaban J connectivity index is 2.16. The Hall–Kier alpha value is -2.37. The highest BCUT2D eigenvalue weighted by Gasteiger charge is 2.07. The molecule has 2 aromatic rings. The van der Waals surface area contributed by atoms with Crippen LogP contribution in [0.4, 0.5) is 17.6 Å². The standard InChI is InChI=1S/C11H14N6/c1-7(8-3-2-4-14-6-8)15-10-5-9(12)16-11(13)17-10/h2-7H,1H3,(H5,12,13,15,16,17). The third-order valence-corrected chi connectivity index (χ3v) is 2.31. The van der Waals surface area contributed by atoms with E-state index in [1.165, 1.54) is 0 Å². The Bertz CT molecular complexity index is 478. The maximum Gasteiger partial charge on any atom is 0.223 e. The second kappa shape index (κ2) is 4.65. The Morgan fingerprint density at radius 1 is 1.29 bits per heavy atom. The number of nitrogens with zero attached hydrogens (tertiary/aromatic N) is 3. The quantitative estimate of drug-likeness (QED) is 0.732. The minimum atomic E-state index is 0.0670. The molecule has 6 heteroatoms. The van der Waals surface area contributed by atoms with Crippen LogP contribution < -0.4 is 16.8 Å². The molecule has 2 heterocycles. The zero-order valence-electron chi connectivity index (χ0n) is 9.46. The number of nitrogen functional groups attached to an aromatic ring is 2. The van der Waals surface area contributed by atoms with Crippen molar-refractivity contribution in [2.75, 3.05) is 16.8 Å². The van der Waals surface area contributed by atoms with E-state index >= 15 is 0 Å². The number of rotatable bonds is 3. The molecule has 6 nitrogen and oxygen atoms in total. The van der Waals surface area contributed by atoms with E-state index in [-0.39, 0.29) is 12.0 Å². The molecule has 1 unspecified atom stereocenters. The molecule has 0 saturated heterocycles. The normalized spacial score (nSPS) is 12.1. The number of aromatic nitrogens is 3. The number of nitrogens with one attached hydrogen (secondary N) is 1. The van der Waals surface area contributed by atoms with Crippen LogP contribution in [0, 0.1) is 0 Å². The van der Waals surface area contributed by atoms with Crippen molar-refractivity contribution in [1.82, 2.24) is 15.0 Å². The number of hydrogen-bond donors (Lipinski definition) is 3. The van der Waals surface area contributed by atoms with Crippen molar-refractivity contribution in [3.8, 4) is 0 Å². The molecule has 0 aromatic carbocycles. The van der Waals surface area contributed by atoms with Crippen molar-refractivity contribution in [1.29, 1.82) is 0 Å². The van der Waals surface area contributed by atoms with Gasteiger partial charge in [0.1, 0.15) is 11.6 Å². The first-order valence-corrected chi connectivity index (χ1v) is 5.21. The average Bonchev–Trinajstić information content (AvgIpc) is 2.28. The first-order chi connectivity index (χ1) is 8.15. The van der Waals surface area contributed by atoms with Gasteiger partial charge in [0, 0.05) is 18.5 Å². The van der Waals surface area contributed by atoms with Crippen LogP contribution in [0.5, 0.6) is 0 Å². The van der Waals surface area contributed by atoms with Gasteiger partial charge in [0.05, 0.1) is 6.04 Å². The molecule has 0 fully saturated rings.